The number of rotatable bonds is 10. The molecule has 112 valence electrons. The predicted octanol–water partition coefficient (Wildman–Crippen LogP) is 1.92. The monoisotopic (exact) mass is 274 g/mol. The molecule has 0 bridgehead atoms. The van der Waals surface area contributed by atoms with Crippen molar-refractivity contribution in [3.63, 3.8) is 0 Å². The fourth-order valence-corrected chi connectivity index (χ4v) is 1.68. The van der Waals surface area contributed by atoms with Crippen molar-refractivity contribution >= 4 is 11.9 Å². The normalized spacial score (nSPS) is 13.7. The van der Waals surface area contributed by atoms with E-state index >= 15 is 0 Å². The van der Waals surface area contributed by atoms with Crippen molar-refractivity contribution < 1.29 is 24.2 Å². The number of aliphatic hydroxyl groups excluding tert-OH is 1. The third-order valence-electron chi connectivity index (χ3n) is 3.22. The van der Waals surface area contributed by atoms with Gasteiger partial charge in [0.05, 0.1) is 25.6 Å². The minimum Gasteiger partial charge on any atom is -0.469 e. The molecule has 0 saturated carbocycles. The van der Waals surface area contributed by atoms with Crippen LogP contribution in [-0.2, 0) is 19.1 Å². The summed E-state index contributed by atoms with van der Waals surface area (Å²) in [5.74, 6) is -0.773. The molecule has 0 aliphatic rings. The van der Waals surface area contributed by atoms with E-state index in [9.17, 15) is 9.59 Å². The average molecular weight is 274 g/mol. The van der Waals surface area contributed by atoms with Crippen LogP contribution in [0.5, 0.6) is 0 Å². The Kier molecular flexibility index (Phi) is 10.2. The molecule has 5 nitrogen and oxygen atoms in total. The highest BCUT2D eigenvalue weighted by Crippen LogP contribution is 2.14. The van der Waals surface area contributed by atoms with E-state index in [1.54, 1.807) is 0 Å². The second kappa shape index (κ2) is 10.8. The van der Waals surface area contributed by atoms with Gasteiger partial charge in [0.15, 0.2) is 0 Å². The van der Waals surface area contributed by atoms with Crippen LogP contribution in [0.3, 0.4) is 0 Å². The van der Waals surface area contributed by atoms with Gasteiger partial charge in [0.1, 0.15) is 0 Å². The topological polar surface area (TPSA) is 72.8 Å². The van der Waals surface area contributed by atoms with Crippen LogP contribution in [0, 0.1) is 11.8 Å². The third kappa shape index (κ3) is 7.82. The Labute approximate surface area is 115 Å². The summed E-state index contributed by atoms with van der Waals surface area (Å²) in [6.07, 6.45) is 3.34. The van der Waals surface area contributed by atoms with Gasteiger partial charge < -0.3 is 14.6 Å². The standard InChI is InChI=1S/C14H26O5/c1-4-11(2)13(16)19-10-6-5-7-12(8-9-15)14(17)18-3/h11-12,15H,4-10H2,1-3H3. The van der Waals surface area contributed by atoms with Crippen LogP contribution in [0.4, 0.5) is 0 Å². The van der Waals surface area contributed by atoms with Crippen molar-refractivity contribution in [2.24, 2.45) is 11.8 Å². The Morgan fingerprint density at radius 2 is 1.84 bits per heavy atom. The maximum Gasteiger partial charge on any atom is 0.308 e. The molecule has 0 radical (unpaired) electrons. The van der Waals surface area contributed by atoms with Gasteiger partial charge in [-0.05, 0) is 32.1 Å². The Hall–Kier alpha value is -1.10. The largest absolute Gasteiger partial charge is 0.469 e. The van der Waals surface area contributed by atoms with Crippen LogP contribution < -0.4 is 0 Å². The van der Waals surface area contributed by atoms with Crippen molar-refractivity contribution in [1.82, 2.24) is 0 Å². The molecule has 2 atom stereocenters. The van der Waals surface area contributed by atoms with Crippen LogP contribution in [-0.4, -0.2) is 37.4 Å². The van der Waals surface area contributed by atoms with Crippen molar-refractivity contribution in [2.45, 2.75) is 46.0 Å². The second-order valence-electron chi connectivity index (χ2n) is 4.70. The highest BCUT2D eigenvalue weighted by Gasteiger charge is 2.18. The smallest absolute Gasteiger partial charge is 0.308 e. The summed E-state index contributed by atoms with van der Waals surface area (Å²) in [6, 6.07) is 0. The first-order valence-electron chi connectivity index (χ1n) is 6.92. The van der Waals surface area contributed by atoms with E-state index in [0.717, 1.165) is 19.3 Å². The molecule has 1 N–H and O–H groups in total. The molecule has 0 amide bonds. The van der Waals surface area contributed by atoms with Crippen LogP contribution >= 0.6 is 0 Å². The van der Waals surface area contributed by atoms with Crippen molar-refractivity contribution in [3.8, 4) is 0 Å². The van der Waals surface area contributed by atoms with Gasteiger partial charge in [-0.1, -0.05) is 13.8 Å². The lowest BCUT2D eigenvalue weighted by atomic mass is 9.99. The molecule has 2 unspecified atom stereocenters. The summed E-state index contributed by atoms with van der Waals surface area (Å²) in [5.41, 5.74) is 0. The fourth-order valence-electron chi connectivity index (χ4n) is 1.68. The molecular weight excluding hydrogens is 248 g/mol. The van der Waals surface area contributed by atoms with Gasteiger partial charge in [-0.3, -0.25) is 9.59 Å². The quantitative estimate of drug-likeness (QED) is 0.486. The van der Waals surface area contributed by atoms with Crippen molar-refractivity contribution in [2.75, 3.05) is 20.3 Å². The highest BCUT2D eigenvalue weighted by atomic mass is 16.5. The van der Waals surface area contributed by atoms with Crippen LogP contribution in [0.2, 0.25) is 0 Å². The lowest BCUT2D eigenvalue weighted by Gasteiger charge is -2.13. The Morgan fingerprint density at radius 3 is 2.37 bits per heavy atom. The van der Waals surface area contributed by atoms with Gasteiger partial charge in [0.25, 0.3) is 0 Å². The lowest BCUT2D eigenvalue weighted by molar-refractivity contribution is -0.149. The first-order valence-corrected chi connectivity index (χ1v) is 6.92. The van der Waals surface area contributed by atoms with E-state index in [1.807, 2.05) is 13.8 Å². The Balaban J connectivity index is 3.77. The summed E-state index contributed by atoms with van der Waals surface area (Å²) in [4.78, 5) is 22.8. The maximum atomic E-state index is 11.4. The van der Waals surface area contributed by atoms with Crippen molar-refractivity contribution in [3.05, 3.63) is 0 Å². The van der Waals surface area contributed by atoms with Gasteiger partial charge in [-0.25, -0.2) is 0 Å². The number of hydrogen-bond donors (Lipinski definition) is 1. The molecule has 0 aliphatic heterocycles. The lowest BCUT2D eigenvalue weighted by Crippen LogP contribution is -2.18. The number of carbonyl (C=O) groups is 2. The van der Waals surface area contributed by atoms with Gasteiger partial charge in [-0.15, -0.1) is 0 Å². The molecule has 0 fully saturated rings. The maximum absolute atomic E-state index is 11.4. The van der Waals surface area contributed by atoms with Gasteiger partial charge >= 0.3 is 11.9 Å². The van der Waals surface area contributed by atoms with Crippen LogP contribution in [0.15, 0.2) is 0 Å². The molecular formula is C14H26O5. The zero-order valence-electron chi connectivity index (χ0n) is 12.2. The second-order valence-corrected chi connectivity index (χ2v) is 4.70. The molecule has 0 aromatic rings. The van der Waals surface area contributed by atoms with E-state index < -0.39 is 0 Å². The molecule has 0 aromatic heterocycles. The zero-order valence-corrected chi connectivity index (χ0v) is 12.2. The minimum absolute atomic E-state index is 0.0250. The minimum atomic E-state index is -0.286. The van der Waals surface area contributed by atoms with E-state index in [2.05, 4.69) is 4.74 Å². The number of unbranched alkanes of at least 4 members (excludes halogenated alkanes) is 1. The number of aliphatic hydroxyl groups is 1. The van der Waals surface area contributed by atoms with E-state index in [1.165, 1.54) is 7.11 Å². The summed E-state index contributed by atoms with van der Waals surface area (Å²) in [6.45, 7) is 4.15. The number of ether oxygens (including phenoxy) is 2. The summed E-state index contributed by atoms with van der Waals surface area (Å²) in [5, 5.41) is 8.87. The first-order chi connectivity index (χ1) is 9.06. The van der Waals surface area contributed by atoms with Crippen LogP contribution in [0.25, 0.3) is 0 Å². The Morgan fingerprint density at radius 1 is 1.16 bits per heavy atom. The molecule has 0 spiro atoms. The summed E-state index contributed by atoms with van der Waals surface area (Å²) >= 11 is 0. The van der Waals surface area contributed by atoms with Crippen molar-refractivity contribution in [1.29, 1.82) is 0 Å². The molecule has 0 aliphatic carbocycles. The molecule has 0 aromatic carbocycles. The number of carbonyl (C=O) groups excluding carboxylic acids is 2. The Bertz CT molecular complexity index is 265. The molecule has 0 heterocycles. The summed E-state index contributed by atoms with van der Waals surface area (Å²) < 4.78 is 9.79. The number of methoxy groups -OCH3 is 1. The van der Waals surface area contributed by atoms with Gasteiger partial charge in [0.2, 0.25) is 0 Å². The number of hydrogen-bond acceptors (Lipinski definition) is 5. The molecule has 19 heavy (non-hydrogen) atoms. The van der Waals surface area contributed by atoms with Crippen LogP contribution in [0.1, 0.15) is 46.0 Å². The SMILES string of the molecule is CCC(C)C(=O)OCCCCC(CCO)C(=O)OC. The first kappa shape index (κ1) is 17.9. The van der Waals surface area contributed by atoms with E-state index in [-0.39, 0.29) is 30.4 Å². The fraction of sp³-hybridized carbons (Fsp3) is 0.857. The van der Waals surface area contributed by atoms with Gasteiger partial charge in [0, 0.05) is 6.61 Å². The summed E-state index contributed by atoms with van der Waals surface area (Å²) in [7, 11) is 1.35. The third-order valence-corrected chi connectivity index (χ3v) is 3.22. The zero-order chi connectivity index (χ0) is 14.7. The highest BCUT2D eigenvalue weighted by molar-refractivity contribution is 5.72. The molecule has 0 saturated heterocycles. The van der Waals surface area contributed by atoms with Gasteiger partial charge in [-0.2, -0.15) is 0 Å². The molecule has 5 heteroatoms. The number of esters is 2. The molecule has 0 rings (SSSR count). The predicted molar refractivity (Wildman–Crippen MR) is 71.5 cm³/mol. The van der Waals surface area contributed by atoms with E-state index in [4.69, 9.17) is 9.84 Å². The average Bonchev–Trinajstić information content (AvgIpc) is 2.43. The van der Waals surface area contributed by atoms with E-state index in [0.29, 0.717) is 19.4 Å².